The summed E-state index contributed by atoms with van der Waals surface area (Å²) in [6.45, 7) is 6.85. The van der Waals surface area contributed by atoms with Crippen molar-refractivity contribution in [1.82, 2.24) is 4.98 Å². The van der Waals surface area contributed by atoms with Crippen LogP contribution in [0.25, 0.3) is 0 Å². The Morgan fingerprint density at radius 3 is 2.57 bits per heavy atom. The predicted octanol–water partition coefficient (Wildman–Crippen LogP) is 2.98. The van der Waals surface area contributed by atoms with Gasteiger partial charge in [-0.1, -0.05) is 6.07 Å². The average molecular weight is 282 g/mol. The van der Waals surface area contributed by atoms with E-state index in [1.807, 2.05) is 18.5 Å². The minimum Gasteiger partial charge on any atom is -0.370 e. The third-order valence-electron chi connectivity index (χ3n) is 3.29. The summed E-state index contributed by atoms with van der Waals surface area (Å²) in [4.78, 5) is 8.47. The number of guanidine groups is 1. The Labute approximate surface area is 126 Å². The van der Waals surface area contributed by atoms with Crippen molar-refractivity contribution < 1.29 is 0 Å². The first-order valence-electron chi connectivity index (χ1n) is 7.09. The molecule has 3 N–H and O–H groups in total. The van der Waals surface area contributed by atoms with Gasteiger partial charge >= 0.3 is 0 Å². The smallest absolute Gasteiger partial charge is 0.193 e. The van der Waals surface area contributed by atoms with E-state index in [4.69, 9.17) is 5.73 Å². The SMILES string of the molecule is Cc1cc(C)cc(NC(N)=NCCc2ccncc2C)c1. The van der Waals surface area contributed by atoms with Crippen LogP contribution >= 0.6 is 0 Å². The lowest BCUT2D eigenvalue weighted by molar-refractivity contribution is 0.948. The van der Waals surface area contributed by atoms with Crippen LogP contribution in [0, 0.1) is 20.8 Å². The molecule has 1 aromatic heterocycles. The molecule has 4 nitrogen and oxygen atoms in total. The van der Waals surface area contributed by atoms with Gasteiger partial charge in [-0.3, -0.25) is 9.98 Å². The van der Waals surface area contributed by atoms with Crippen LogP contribution in [0.3, 0.4) is 0 Å². The summed E-state index contributed by atoms with van der Waals surface area (Å²) in [7, 11) is 0. The lowest BCUT2D eigenvalue weighted by Crippen LogP contribution is -2.23. The predicted molar refractivity (Wildman–Crippen MR) is 88.7 cm³/mol. The Hall–Kier alpha value is -2.36. The Balaban J connectivity index is 1.94. The highest BCUT2D eigenvalue weighted by molar-refractivity contribution is 5.92. The molecule has 0 amide bonds. The summed E-state index contributed by atoms with van der Waals surface area (Å²) in [6, 6.07) is 8.27. The number of hydrogen-bond acceptors (Lipinski definition) is 2. The topological polar surface area (TPSA) is 63.3 Å². The van der Waals surface area contributed by atoms with Gasteiger partial charge in [0.1, 0.15) is 0 Å². The minimum absolute atomic E-state index is 0.451. The van der Waals surface area contributed by atoms with Gasteiger partial charge in [-0.25, -0.2) is 0 Å². The Morgan fingerprint density at radius 2 is 1.90 bits per heavy atom. The number of nitrogens with two attached hydrogens (primary N) is 1. The number of benzene rings is 1. The first kappa shape index (κ1) is 15.0. The molecule has 21 heavy (non-hydrogen) atoms. The van der Waals surface area contributed by atoms with E-state index in [1.54, 1.807) is 0 Å². The number of nitrogens with one attached hydrogen (secondary N) is 1. The van der Waals surface area contributed by atoms with Crippen molar-refractivity contribution in [3.8, 4) is 0 Å². The van der Waals surface area contributed by atoms with Gasteiger partial charge in [0, 0.05) is 24.6 Å². The largest absolute Gasteiger partial charge is 0.370 e. The fraction of sp³-hybridized carbons (Fsp3) is 0.294. The molecule has 0 aliphatic carbocycles. The summed E-state index contributed by atoms with van der Waals surface area (Å²) in [5.41, 5.74) is 11.8. The molecule has 1 heterocycles. The zero-order valence-electron chi connectivity index (χ0n) is 12.9. The molecule has 110 valence electrons. The monoisotopic (exact) mass is 282 g/mol. The fourth-order valence-electron chi connectivity index (χ4n) is 2.31. The maximum absolute atomic E-state index is 5.93. The molecule has 0 unspecified atom stereocenters. The van der Waals surface area contributed by atoms with Crippen molar-refractivity contribution in [3.63, 3.8) is 0 Å². The van der Waals surface area contributed by atoms with Crippen molar-refractivity contribution >= 4 is 11.6 Å². The quantitative estimate of drug-likeness (QED) is 0.669. The molecule has 2 rings (SSSR count). The molecule has 0 fully saturated rings. The van der Waals surface area contributed by atoms with Crippen LogP contribution in [0.15, 0.2) is 41.7 Å². The second kappa shape index (κ2) is 6.88. The Bertz CT molecular complexity index is 627. The number of hydrogen-bond donors (Lipinski definition) is 2. The van der Waals surface area contributed by atoms with Crippen LogP contribution < -0.4 is 11.1 Å². The van der Waals surface area contributed by atoms with Gasteiger partial charge in [0.05, 0.1) is 0 Å². The summed E-state index contributed by atoms with van der Waals surface area (Å²) in [6.07, 6.45) is 4.54. The van der Waals surface area contributed by atoms with Gasteiger partial charge in [0.25, 0.3) is 0 Å². The second-order valence-corrected chi connectivity index (χ2v) is 5.32. The van der Waals surface area contributed by atoms with Crippen LogP contribution in [-0.2, 0) is 6.42 Å². The molecular weight excluding hydrogens is 260 g/mol. The normalized spacial score (nSPS) is 11.5. The molecule has 0 radical (unpaired) electrons. The van der Waals surface area contributed by atoms with Gasteiger partial charge in [0.15, 0.2) is 5.96 Å². The van der Waals surface area contributed by atoms with Crippen LogP contribution in [0.2, 0.25) is 0 Å². The van der Waals surface area contributed by atoms with Crippen molar-refractivity contribution in [2.45, 2.75) is 27.2 Å². The lowest BCUT2D eigenvalue weighted by Gasteiger charge is -2.08. The highest BCUT2D eigenvalue weighted by Crippen LogP contribution is 2.13. The molecule has 2 aromatic rings. The van der Waals surface area contributed by atoms with Gasteiger partial charge in [0.2, 0.25) is 0 Å². The van der Waals surface area contributed by atoms with Crippen LogP contribution in [0.1, 0.15) is 22.3 Å². The Morgan fingerprint density at radius 1 is 1.19 bits per heavy atom. The minimum atomic E-state index is 0.451. The van der Waals surface area contributed by atoms with E-state index in [2.05, 4.69) is 54.3 Å². The highest BCUT2D eigenvalue weighted by Gasteiger charge is 1.99. The standard InChI is InChI=1S/C17H22N4/c1-12-8-13(2)10-16(9-12)21-17(18)20-7-5-15-4-6-19-11-14(15)3/h4,6,8-11H,5,7H2,1-3H3,(H3,18,20,21). The van der Waals surface area contributed by atoms with Crippen molar-refractivity contribution in [2.24, 2.45) is 10.7 Å². The molecular formula is C17H22N4. The van der Waals surface area contributed by atoms with E-state index in [0.29, 0.717) is 12.5 Å². The third-order valence-corrected chi connectivity index (χ3v) is 3.29. The van der Waals surface area contributed by atoms with E-state index in [0.717, 1.165) is 12.1 Å². The van der Waals surface area contributed by atoms with Crippen molar-refractivity contribution in [2.75, 3.05) is 11.9 Å². The van der Waals surface area contributed by atoms with Gasteiger partial charge < -0.3 is 11.1 Å². The van der Waals surface area contributed by atoms with Crippen molar-refractivity contribution in [1.29, 1.82) is 0 Å². The number of aryl methyl sites for hydroxylation is 3. The first-order valence-corrected chi connectivity index (χ1v) is 7.09. The summed E-state index contributed by atoms with van der Waals surface area (Å²) in [5, 5.41) is 3.14. The van der Waals surface area contributed by atoms with Crippen LogP contribution in [0.5, 0.6) is 0 Å². The maximum atomic E-state index is 5.93. The first-order chi connectivity index (χ1) is 10.0. The van der Waals surface area contributed by atoms with Gasteiger partial charge in [-0.05, 0) is 67.6 Å². The zero-order chi connectivity index (χ0) is 15.2. The molecule has 0 atom stereocenters. The summed E-state index contributed by atoms with van der Waals surface area (Å²) >= 11 is 0. The fourth-order valence-corrected chi connectivity index (χ4v) is 2.31. The molecule has 4 heteroatoms. The Kier molecular flexibility index (Phi) is 4.93. The molecule has 1 aromatic carbocycles. The number of anilines is 1. The molecule has 0 saturated carbocycles. The molecule has 0 aliphatic rings. The molecule has 0 aliphatic heterocycles. The van der Waals surface area contributed by atoms with E-state index < -0.39 is 0 Å². The lowest BCUT2D eigenvalue weighted by atomic mass is 10.1. The number of rotatable bonds is 4. The van der Waals surface area contributed by atoms with Gasteiger partial charge in [-0.15, -0.1) is 0 Å². The molecule has 0 saturated heterocycles. The molecule has 0 bridgehead atoms. The highest BCUT2D eigenvalue weighted by atomic mass is 15.1. The molecule has 0 spiro atoms. The third kappa shape index (κ3) is 4.60. The summed E-state index contributed by atoms with van der Waals surface area (Å²) < 4.78 is 0. The summed E-state index contributed by atoms with van der Waals surface area (Å²) in [5.74, 6) is 0.451. The van der Waals surface area contributed by atoms with E-state index >= 15 is 0 Å². The average Bonchev–Trinajstić information content (AvgIpc) is 2.39. The number of aliphatic imine (C=N–C) groups is 1. The number of nitrogens with zero attached hydrogens (tertiary/aromatic N) is 2. The van der Waals surface area contributed by atoms with Crippen LogP contribution in [0.4, 0.5) is 5.69 Å². The number of pyridine rings is 1. The maximum Gasteiger partial charge on any atom is 0.193 e. The van der Waals surface area contributed by atoms with Crippen molar-refractivity contribution in [3.05, 3.63) is 58.9 Å². The van der Waals surface area contributed by atoms with E-state index in [-0.39, 0.29) is 0 Å². The van der Waals surface area contributed by atoms with E-state index in [1.165, 1.54) is 22.3 Å². The zero-order valence-corrected chi connectivity index (χ0v) is 12.9. The van der Waals surface area contributed by atoms with E-state index in [9.17, 15) is 0 Å². The number of aromatic nitrogens is 1. The van der Waals surface area contributed by atoms with Gasteiger partial charge in [-0.2, -0.15) is 0 Å². The van der Waals surface area contributed by atoms with Crippen LogP contribution in [-0.4, -0.2) is 17.5 Å². The second-order valence-electron chi connectivity index (χ2n) is 5.32.